The first-order valence-corrected chi connectivity index (χ1v) is 7.93. The first-order valence-electron chi connectivity index (χ1n) is 4.97. The summed E-state index contributed by atoms with van der Waals surface area (Å²) in [6.07, 6.45) is 0. The molecule has 0 aromatic carbocycles. The quantitative estimate of drug-likeness (QED) is 0.241. The fourth-order valence-electron chi connectivity index (χ4n) is 0.627. The molecule has 0 aromatic rings. The van der Waals surface area contributed by atoms with Gasteiger partial charge in [-0.05, 0) is 0 Å². The number of carbonyl (C=O) groups is 2. The van der Waals surface area contributed by atoms with Gasteiger partial charge in [0.2, 0.25) is 0 Å². The summed E-state index contributed by atoms with van der Waals surface area (Å²) in [6, 6.07) is 0. The maximum atomic E-state index is 11.9. The maximum absolute atomic E-state index is 11.9. The van der Waals surface area contributed by atoms with E-state index in [4.69, 9.17) is 0 Å². The molecule has 0 amide bonds. The van der Waals surface area contributed by atoms with Crippen LogP contribution in [0.3, 0.4) is 0 Å². The summed E-state index contributed by atoms with van der Waals surface area (Å²) in [5, 5.41) is 0. The predicted octanol–water partition coefficient (Wildman–Crippen LogP) is -1.13. The third kappa shape index (κ3) is 6.45. The number of alkyl halides is 6. The molecule has 0 aromatic heterocycles. The van der Waals surface area contributed by atoms with E-state index in [0.717, 1.165) is 9.44 Å². The first-order chi connectivity index (χ1) is 10.5. The lowest BCUT2D eigenvalue weighted by Crippen LogP contribution is -2.40. The zero-order valence-electron chi connectivity index (χ0n) is 10.8. The number of esters is 2. The lowest BCUT2D eigenvalue weighted by molar-refractivity contribution is -0.168. The van der Waals surface area contributed by atoms with Crippen molar-refractivity contribution < 1.29 is 62.2 Å². The van der Waals surface area contributed by atoms with E-state index < -0.39 is 56.5 Å². The van der Waals surface area contributed by atoms with Gasteiger partial charge in [-0.15, -0.1) is 0 Å². The van der Waals surface area contributed by atoms with Crippen molar-refractivity contribution >= 4 is 32.0 Å². The molecule has 0 aliphatic carbocycles. The largest absolute Gasteiger partial charge is 0.511 e. The Morgan fingerprint density at radius 1 is 0.708 bits per heavy atom. The fraction of sp³-hybridized carbons (Fsp3) is 0.667. The Balaban J connectivity index is 4.35. The SMILES string of the molecule is O=C(OCNS(=O)(=O)C(F)(F)F)C(=O)OCNS(=O)(=O)C(F)(F)F. The van der Waals surface area contributed by atoms with Crippen molar-refractivity contribution in [3.8, 4) is 0 Å². The molecule has 0 aliphatic rings. The van der Waals surface area contributed by atoms with Crippen molar-refractivity contribution in [2.24, 2.45) is 0 Å². The molecule has 18 heteroatoms. The van der Waals surface area contributed by atoms with Gasteiger partial charge in [0.25, 0.3) is 0 Å². The van der Waals surface area contributed by atoms with Crippen LogP contribution in [0.4, 0.5) is 26.3 Å². The Morgan fingerprint density at radius 2 is 0.958 bits per heavy atom. The van der Waals surface area contributed by atoms with Crippen LogP contribution in [0.2, 0.25) is 0 Å². The van der Waals surface area contributed by atoms with Crippen LogP contribution in [-0.4, -0.2) is 53.3 Å². The van der Waals surface area contributed by atoms with E-state index >= 15 is 0 Å². The molecule has 0 fully saturated rings. The van der Waals surface area contributed by atoms with Crippen molar-refractivity contribution in [3.05, 3.63) is 0 Å². The Morgan fingerprint density at radius 3 is 1.17 bits per heavy atom. The molecule has 0 aliphatic heterocycles. The fourth-order valence-corrected chi connectivity index (χ4v) is 1.38. The summed E-state index contributed by atoms with van der Waals surface area (Å²) in [4.78, 5) is 21.6. The summed E-state index contributed by atoms with van der Waals surface area (Å²) in [6.45, 7) is -3.30. The van der Waals surface area contributed by atoms with Gasteiger partial charge in [-0.1, -0.05) is 0 Å². The summed E-state index contributed by atoms with van der Waals surface area (Å²) >= 11 is 0. The molecule has 10 nitrogen and oxygen atoms in total. The van der Waals surface area contributed by atoms with Crippen LogP contribution in [0.1, 0.15) is 0 Å². The summed E-state index contributed by atoms with van der Waals surface area (Å²) < 4.78 is 122. The second-order valence-electron chi connectivity index (χ2n) is 3.34. The summed E-state index contributed by atoms with van der Waals surface area (Å²) in [5.74, 6) is -4.21. The zero-order valence-corrected chi connectivity index (χ0v) is 12.4. The second kappa shape index (κ2) is 7.49. The van der Waals surface area contributed by atoms with Crippen LogP contribution < -0.4 is 9.44 Å². The Bertz CT molecular complexity index is 621. The van der Waals surface area contributed by atoms with Gasteiger partial charge < -0.3 is 9.47 Å². The predicted molar refractivity (Wildman–Crippen MR) is 58.1 cm³/mol. The minimum atomic E-state index is -5.87. The van der Waals surface area contributed by atoms with Gasteiger partial charge in [-0.25, -0.2) is 26.4 Å². The highest BCUT2D eigenvalue weighted by molar-refractivity contribution is 7.90. The number of rotatable bonds is 6. The number of nitrogens with one attached hydrogen (secondary N) is 2. The van der Waals surface area contributed by atoms with E-state index in [2.05, 4.69) is 9.47 Å². The lowest BCUT2D eigenvalue weighted by atomic mass is 10.7. The van der Waals surface area contributed by atoms with Gasteiger partial charge in [-0.3, -0.25) is 0 Å². The van der Waals surface area contributed by atoms with Crippen LogP contribution in [0.15, 0.2) is 0 Å². The molecule has 0 heterocycles. The van der Waals surface area contributed by atoms with Crippen LogP contribution in [0.5, 0.6) is 0 Å². The van der Waals surface area contributed by atoms with E-state index in [1.165, 1.54) is 0 Å². The van der Waals surface area contributed by atoms with Crippen molar-refractivity contribution in [3.63, 3.8) is 0 Å². The molecule has 0 atom stereocenters. The van der Waals surface area contributed by atoms with Gasteiger partial charge in [0.05, 0.1) is 0 Å². The second-order valence-corrected chi connectivity index (χ2v) is 6.86. The number of hydrogen-bond donors (Lipinski definition) is 2. The molecule has 0 unspecified atom stereocenters. The third-order valence-corrected chi connectivity index (χ3v) is 3.90. The molecular weight excluding hydrogens is 406 g/mol. The molecular formula is C6H6F6N2O8S2. The first kappa shape index (κ1) is 22.3. The van der Waals surface area contributed by atoms with Crippen molar-refractivity contribution in [1.29, 1.82) is 0 Å². The van der Waals surface area contributed by atoms with Crippen molar-refractivity contribution in [2.45, 2.75) is 11.0 Å². The number of carbonyl (C=O) groups excluding carboxylic acids is 2. The standard InChI is InChI=1S/C6H6F6N2O8S2/c7-5(8,9)23(17,18)13-1-21-3(15)4(16)22-2-14-24(19,20)6(10,11)12/h13-14H,1-2H2. The van der Waals surface area contributed by atoms with E-state index in [1.807, 2.05) is 0 Å². The third-order valence-electron chi connectivity index (χ3n) is 1.68. The highest BCUT2D eigenvalue weighted by atomic mass is 32.2. The van der Waals surface area contributed by atoms with E-state index in [0.29, 0.717) is 0 Å². The number of hydrogen-bond acceptors (Lipinski definition) is 8. The molecule has 0 bridgehead atoms. The van der Waals surface area contributed by atoms with E-state index in [1.54, 1.807) is 0 Å². The minimum Gasteiger partial charge on any atom is -0.440 e. The topological polar surface area (TPSA) is 145 Å². The highest BCUT2D eigenvalue weighted by Gasteiger charge is 2.46. The van der Waals surface area contributed by atoms with E-state index in [-0.39, 0.29) is 0 Å². The summed E-state index contributed by atoms with van der Waals surface area (Å²) in [5.41, 5.74) is -11.5. The molecule has 142 valence electrons. The minimum absolute atomic E-state index is 0.721. The normalized spacial score (nSPS) is 13.4. The summed E-state index contributed by atoms with van der Waals surface area (Å²) in [7, 11) is -11.7. The van der Waals surface area contributed by atoms with Crippen molar-refractivity contribution in [1.82, 2.24) is 9.44 Å². The number of sulfonamides is 2. The zero-order chi connectivity index (χ0) is 19.4. The molecule has 0 saturated heterocycles. The Hall–Kier alpha value is -1.66. The van der Waals surface area contributed by atoms with E-state index in [9.17, 15) is 52.8 Å². The van der Waals surface area contributed by atoms with Crippen LogP contribution in [0.25, 0.3) is 0 Å². The monoisotopic (exact) mass is 412 g/mol. The maximum Gasteiger partial charge on any atom is 0.511 e. The van der Waals surface area contributed by atoms with Crippen LogP contribution in [-0.2, 0) is 39.1 Å². The van der Waals surface area contributed by atoms with Crippen LogP contribution in [0, 0.1) is 0 Å². The van der Waals surface area contributed by atoms with Crippen LogP contribution >= 0.6 is 0 Å². The molecule has 0 saturated carbocycles. The van der Waals surface area contributed by atoms with Gasteiger partial charge >= 0.3 is 43.0 Å². The molecule has 0 radical (unpaired) electrons. The smallest absolute Gasteiger partial charge is 0.440 e. The van der Waals surface area contributed by atoms with Gasteiger partial charge in [0, 0.05) is 0 Å². The Labute approximate surface area is 129 Å². The average molecular weight is 412 g/mol. The highest BCUT2D eigenvalue weighted by Crippen LogP contribution is 2.21. The van der Waals surface area contributed by atoms with Crippen molar-refractivity contribution in [2.75, 3.05) is 13.5 Å². The molecule has 0 rings (SSSR count). The molecule has 24 heavy (non-hydrogen) atoms. The number of halogens is 6. The molecule has 2 N–H and O–H groups in total. The number of ether oxygens (including phenoxy) is 2. The van der Waals surface area contributed by atoms with Gasteiger partial charge in [0.15, 0.2) is 13.5 Å². The molecule has 0 spiro atoms. The lowest BCUT2D eigenvalue weighted by Gasteiger charge is -2.10. The van der Waals surface area contributed by atoms with Gasteiger partial charge in [-0.2, -0.15) is 35.8 Å². The Kier molecular flexibility index (Phi) is 6.97. The van der Waals surface area contributed by atoms with Gasteiger partial charge in [0.1, 0.15) is 0 Å². The average Bonchev–Trinajstić information content (AvgIpc) is 2.35.